The van der Waals surface area contributed by atoms with Crippen LogP contribution in [-0.4, -0.2) is 35.1 Å². The Labute approximate surface area is 187 Å². The highest BCUT2D eigenvalue weighted by Crippen LogP contribution is 2.20. The van der Waals surface area contributed by atoms with Gasteiger partial charge in [-0.3, -0.25) is 9.59 Å². The first-order chi connectivity index (χ1) is 13.9. The van der Waals surface area contributed by atoms with Crippen molar-refractivity contribution in [3.63, 3.8) is 0 Å². The van der Waals surface area contributed by atoms with Crippen LogP contribution < -0.4 is 5.32 Å². The summed E-state index contributed by atoms with van der Waals surface area (Å²) in [5, 5.41) is 4.16. The van der Waals surface area contributed by atoms with Gasteiger partial charge in [0.2, 0.25) is 11.8 Å². The summed E-state index contributed by atoms with van der Waals surface area (Å²) in [6.07, 6.45) is 0.546. The molecule has 1 atom stereocenters. The Bertz CT molecular complexity index is 815. The summed E-state index contributed by atoms with van der Waals surface area (Å²) in [7, 11) is 0. The van der Waals surface area contributed by atoms with Crippen molar-refractivity contribution in [2.75, 3.05) is 12.3 Å². The Morgan fingerprint density at radius 2 is 1.76 bits per heavy atom. The van der Waals surface area contributed by atoms with Crippen LogP contribution in [0.4, 0.5) is 0 Å². The van der Waals surface area contributed by atoms with E-state index in [-0.39, 0.29) is 17.6 Å². The van der Waals surface area contributed by atoms with Crippen molar-refractivity contribution in [3.8, 4) is 0 Å². The number of likely N-dealkylation sites (N-methyl/N-ethyl adjacent to an activating group) is 1. The molecule has 0 saturated carbocycles. The first-order valence-corrected chi connectivity index (χ1v) is 11.5. The number of hydrogen-bond donors (Lipinski definition) is 1. The number of rotatable bonds is 10. The normalized spacial score (nSPS) is 11.7. The van der Waals surface area contributed by atoms with Crippen molar-refractivity contribution in [2.24, 2.45) is 0 Å². The molecule has 4 nitrogen and oxygen atoms in total. The molecule has 0 radical (unpaired) electrons. The molecule has 2 aromatic rings. The molecule has 2 amide bonds. The van der Waals surface area contributed by atoms with E-state index in [1.165, 1.54) is 11.8 Å². The van der Waals surface area contributed by atoms with E-state index < -0.39 is 6.04 Å². The van der Waals surface area contributed by atoms with Crippen molar-refractivity contribution >= 4 is 46.8 Å². The number of nitrogens with zero attached hydrogens (tertiary/aromatic N) is 1. The van der Waals surface area contributed by atoms with Crippen LogP contribution >= 0.6 is 35.0 Å². The quantitative estimate of drug-likeness (QED) is 0.540. The maximum atomic E-state index is 13.1. The zero-order valence-electron chi connectivity index (χ0n) is 16.7. The van der Waals surface area contributed by atoms with Gasteiger partial charge in [0.15, 0.2) is 0 Å². The summed E-state index contributed by atoms with van der Waals surface area (Å²) < 4.78 is 0. The SMILES string of the molecule is CCNC(=O)C(CC)N(Cc1ccc(Cl)cc1)C(=O)CSCc1cccc(Cl)c1. The molecule has 7 heteroatoms. The monoisotopic (exact) mass is 452 g/mol. The first-order valence-electron chi connectivity index (χ1n) is 9.58. The fraction of sp³-hybridized carbons (Fsp3) is 0.364. The molecule has 2 aromatic carbocycles. The Morgan fingerprint density at radius 1 is 1.03 bits per heavy atom. The lowest BCUT2D eigenvalue weighted by Crippen LogP contribution is -2.49. The van der Waals surface area contributed by atoms with Crippen LogP contribution in [0.5, 0.6) is 0 Å². The second-order valence-electron chi connectivity index (χ2n) is 6.59. The molecular formula is C22H26Cl2N2O2S. The fourth-order valence-corrected chi connectivity index (χ4v) is 4.16. The maximum Gasteiger partial charge on any atom is 0.242 e. The van der Waals surface area contributed by atoms with Gasteiger partial charge in [0.1, 0.15) is 6.04 Å². The molecule has 156 valence electrons. The highest BCUT2D eigenvalue weighted by molar-refractivity contribution is 7.99. The number of nitrogens with one attached hydrogen (secondary N) is 1. The third-order valence-corrected chi connectivity index (χ3v) is 5.86. The van der Waals surface area contributed by atoms with Gasteiger partial charge in [0.05, 0.1) is 5.75 Å². The first kappa shape index (κ1) is 23.6. The molecule has 0 heterocycles. The lowest BCUT2D eigenvalue weighted by Gasteiger charge is -2.30. The molecule has 29 heavy (non-hydrogen) atoms. The summed E-state index contributed by atoms with van der Waals surface area (Å²) in [5.41, 5.74) is 2.00. The van der Waals surface area contributed by atoms with E-state index >= 15 is 0 Å². The fourth-order valence-electron chi connectivity index (χ4n) is 2.96. The number of carbonyl (C=O) groups is 2. The van der Waals surface area contributed by atoms with Crippen LogP contribution in [0.1, 0.15) is 31.4 Å². The molecule has 0 aliphatic heterocycles. The predicted molar refractivity (Wildman–Crippen MR) is 122 cm³/mol. The lowest BCUT2D eigenvalue weighted by atomic mass is 10.1. The van der Waals surface area contributed by atoms with E-state index in [4.69, 9.17) is 23.2 Å². The molecule has 0 fully saturated rings. The molecule has 0 saturated heterocycles. The zero-order valence-corrected chi connectivity index (χ0v) is 19.0. The second kappa shape index (κ2) is 12.1. The minimum Gasteiger partial charge on any atom is -0.355 e. The largest absolute Gasteiger partial charge is 0.355 e. The summed E-state index contributed by atoms with van der Waals surface area (Å²) in [5.74, 6) is 0.775. The van der Waals surface area contributed by atoms with Crippen LogP contribution in [0.15, 0.2) is 48.5 Å². The Kier molecular flexibility index (Phi) is 9.85. The third kappa shape index (κ3) is 7.57. The van der Waals surface area contributed by atoms with Crippen LogP contribution in [-0.2, 0) is 21.9 Å². The number of hydrogen-bond acceptors (Lipinski definition) is 3. The molecule has 1 N–H and O–H groups in total. The zero-order chi connectivity index (χ0) is 21.2. The predicted octanol–water partition coefficient (Wildman–Crippen LogP) is 5.17. The minimum atomic E-state index is -0.509. The van der Waals surface area contributed by atoms with Gasteiger partial charge < -0.3 is 10.2 Å². The van der Waals surface area contributed by atoms with Gasteiger partial charge >= 0.3 is 0 Å². The van der Waals surface area contributed by atoms with Gasteiger partial charge in [0.25, 0.3) is 0 Å². The van der Waals surface area contributed by atoms with E-state index in [1.807, 2.05) is 50.2 Å². The molecule has 0 bridgehead atoms. The van der Waals surface area contributed by atoms with Crippen LogP contribution in [0.2, 0.25) is 10.0 Å². The summed E-state index contributed by atoms with van der Waals surface area (Å²) in [6.45, 7) is 4.68. The molecular weight excluding hydrogens is 427 g/mol. The summed E-state index contributed by atoms with van der Waals surface area (Å²) in [4.78, 5) is 27.3. The van der Waals surface area contributed by atoms with E-state index in [9.17, 15) is 9.59 Å². The Balaban J connectivity index is 2.10. The summed E-state index contributed by atoms with van der Waals surface area (Å²) in [6, 6.07) is 14.4. The second-order valence-corrected chi connectivity index (χ2v) is 8.45. The van der Waals surface area contributed by atoms with E-state index in [0.717, 1.165) is 11.1 Å². The smallest absolute Gasteiger partial charge is 0.242 e. The maximum absolute atomic E-state index is 13.1. The van der Waals surface area contributed by atoms with E-state index in [2.05, 4.69) is 5.32 Å². The molecule has 2 rings (SSSR count). The van der Waals surface area contributed by atoms with E-state index in [1.54, 1.807) is 17.0 Å². The average molecular weight is 453 g/mol. The van der Waals surface area contributed by atoms with Crippen molar-refractivity contribution in [2.45, 2.75) is 38.6 Å². The van der Waals surface area contributed by atoms with Crippen LogP contribution in [0.25, 0.3) is 0 Å². The standard InChI is InChI=1S/C22H26Cl2N2O2S/c1-3-20(22(28)25-4-2)26(13-16-8-10-18(23)11-9-16)21(27)15-29-14-17-6-5-7-19(24)12-17/h5-12,20H,3-4,13-15H2,1-2H3,(H,25,28). The number of thioether (sulfide) groups is 1. The van der Waals surface area contributed by atoms with Crippen molar-refractivity contribution in [1.29, 1.82) is 0 Å². The Morgan fingerprint density at radius 3 is 2.38 bits per heavy atom. The van der Waals surface area contributed by atoms with Gasteiger partial charge in [-0.05, 0) is 48.7 Å². The number of carbonyl (C=O) groups excluding carboxylic acids is 2. The van der Waals surface area contributed by atoms with Crippen LogP contribution in [0, 0.1) is 0 Å². The Hall–Kier alpha value is -1.69. The highest BCUT2D eigenvalue weighted by atomic mass is 35.5. The lowest BCUT2D eigenvalue weighted by molar-refractivity contribution is -0.139. The van der Waals surface area contributed by atoms with Gasteiger partial charge in [-0.25, -0.2) is 0 Å². The average Bonchev–Trinajstić information content (AvgIpc) is 2.69. The van der Waals surface area contributed by atoms with Gasteiger partial charge in [-0.15, -0.1) is 11.8 Å². The highest BCUT2D eigenvalue weighted by Gasteiger charge is 2.28. The molecule has 1 unspecified atom stereocenters. The molecule has 0 aliphatic rings. The molecule has 0 spiro atoms. The topological polar surface area (TPSA) is 49.4 Å². The number of benzene rings is 2. The summed E-state index contributed by atoms with van der Waals surface area (Å²) >= 11 is 13.5. The van der Waals surface area contributed by atoms with Crippen molar-refractivity contribution < 1.29 is 9.59 Å². The van der Waals surface area contributed by atoms with Crippen molar-refractivity contribution in [3.05, 3.63) is 69.7 Å². The van der Waals surface area contributed by atoms with Gasteiger partial charge in [0, 0.05) is 28.9 Å². The third-order valence-electron chi connectivity index (χ3n) is 4.39. The molecule has 0 aromatic heterocycles. The van der Waals surface area contributed by atoms with Crippen LogP contribution in [0.3, 0.4) is 0 Å². The molecule has 0 aliphatic carbocycles. The van der Waals surface area contributed by atoms with E-state index in [0.29, 0.717) is 35.3 Å². The van der Waals surface area contributed by atoms with Crippen molar-refractivity contribution in [1.82, 2.24) is 10.2 Å². The number of amides is 2. The minimum absolute atomic E-state index is 0.0647. The van der Waals surface area contributed by atoms with Gasteiger partial charge in [-0.2, -0.15) is 0 Å². The van der Waals surface area contributed by atoms with Gasteiger partial charge in [-0.1, -0.05) is 54.4 Å². The number of halogens is 2.